The first kappa shape index (κ1) is 18.1. The van der Waals surface area contributed by atoms with Crippen LogP contribution in [0.5, 0.6) is 11.5 Å². The molecular weight excluding hydrogens is 358 g/mol. The maximum absolute atomic E-state index is 12.6. The van der Waals surface area contributed by atoms with E-state index in [-0.39, 0.29) is 18.2 Å². The molecule has 1 amide bonds. The van der Waals surface area contributed by atoms with Gasteiger partial charge in [-0.1, -0.05) is 18.2 Å². The van der Waals surface area contributed by atoms with Crippen molar-refractivity contribution in [2.24, 2.45) is 0 Å². The van der Waals surface area contributed by atoms with E-state index in [1.165, 1.54) is 0 Å². The van der Waals surface area contributed by atoms with E-state index in [1.54, 1.807) is 24.3 Å². The predicted molar refractivity (Wildman–Crippen MR) is 105 cm³/mol. The molecule has 1 aliphatic rings. The fraction of sp³-hybridized carbons (Fsp3) is 0.273. The zero-order valence-corrected chi connectivity index (χ0v) is 15.8. The van der Waals surface area contributed by atoms with E-state index in [0.717, 1.165) is 23.3 Å². The lowest BCUT2D eigenvalue weighted by molar-refractivity contribution is 0.0947. The van der Waals surface area contributed by atoms with Crippen molar-refractivity contribution in [2.75, 3.05) is 6.61 Å². The van der Waals surface area contributed by atoms with Crippen molar-refractivity contribution in [2.45, 2.75) is 32.9 Å². The molecule has 2 heterocycles. The van der Waals surface area contributed by atoms with Gasteiger partial charge in [0.2, 0.25) is 0 Å². The summed E-state index contributed by atoms with van der Waals surface area (Å²) in [7, 11) is 0. The number of nitrogens with one attached hydrogen (secondary N) is 1. The van der Waals surface area contributed by atoms with Crippen LogP contribution in [0.25, 0.3) is 11.0 Å². The Labute approximate surface area is 162 Å². The van der Waals surface area contributed by atoms with Crippen molar-refractivity contribution >= 4 is 16.9 Å². The molecule has 0 bridgehead atoms. The molecule has 1 aromatic heterocycles. The average Bonchev–Trinajstić information content (AvgIpc) is 3.04. The fourth-order valence-electron chi connectivity index (χ4n) is 3.40. The Bertz CT molecular complexity index is 1100. The number of benzene rings is 2. The second-order valence-electron chi connectivity index (χ2n) is 6.80. The number of hydrogen-bond donors (Lipinski definition) is 1. The minimum Gasteiger partial charge on any atom is -0.494 e. The molecule has 0 fully saturated rings. The summed E-state index contributed by atoms with van der Waals surface area (Å²) in [4.78, 5) is 24.8. The molecule has 2 aromatic carbocycles. The summed E-state index contributed by atoms with van der Waals surface area (Å²) in [6.45, 7) is 4.66. The van der Waals surface area contributed by atoms with E-state index in [2.05, 4.69) is 5.32 Å². The van der Waals surface area contributed by atoms with Crippen LogP contribution >= 0.6 is 0 Å². The van der Waals surface area contributed by atoms with E-state index >= 15 is 0 Å². The van der Waals surface area contributed by atoms with Gasteiger partial charge in [-0.3, -0.25) is 4.79 Å². The molecule has 3 aromatic rings. The Balaban J connectivity index is 1.58. The first-order valence-electron chi connectivity index (χ1n) is 9.31. The lowest BCUT2D eigenvalue weighted by atomic mass is 10.1. The van der Waals surface area contributed by atoms with E-state index < -0.39 is 11.5 Å². The van der Waals surface area contributed by atoms with Gasteiger partial charge < -0.3 is 19.2 Å². The van der Waals surface area contributed by atoms with Gasteiger partial charge in [0.25, 0.3) is 5.91 Å². The predicted octanol–water partition coefficient (Wildman–Crippen LogP) is 3.45. The third-order valence-electron chi connectivity index (χ3n) is 4.70. The normalized spacial score (nSPS) is 15.1. The van der Waals surface area contributed by atoms with Gasteiger partial charge in [-0.2, -0.15) is 0 Å². The van der Waals surface area contributed by atoms with E-state index in [0.29, 0.717) is 23.3 Å². The van der Waals surface area contributed by atoms with Crippen LogP contribution in [-0.2, 0) is 13.0 Å². The van der Waals surface area contributed by atoms with Crippen LogP contribution < -0.4 is 20.4 Å². The third-order valence-corrected chi connectivity index (χ3v) is 4.70. The van der Waals surface area contributed by atoms with Crippen LogP contribution in [0, 0.1) is 0 Å². The summed E-state index contributed by atoms with van der Waals surface area (Å²) in [6.07, 6.45) is 0.955. The largest absolute Gasteiger partial charge is 0.494 e. The van der Waals surface area contributed by atoms with Gasteiger partial charge in [-0.25, -0.2) is 4.79 Å². The van der Waals surface area contributed by atoms with Crippen molar-refractivity contribution < 1.29 is 18.7 Å². The lowest BCUT2D eigenvalue weighted by Crippen LogP contribution is -2.28. The SMILES string of the molecule is CCOc1cc2c(cc1CNC(=O)c1cc3ccccc3oc1=O)OC(C)C2. The second-order valence-corrected chi connectivity index (χ2v) is 6.80. The first-order valence-corrected chi connectivity index (χ1v) is 9.31. The van der Waals surface area contributed by atoms with Crippen LogP contribution in [0.3, 0.4) is 0 Å². The molecule has 0 saturated heterocycles. The Kier molecular flexibility index (Phi) is 4.77. The number of para-hydroxylation sites is 1. The average molecular weight is 379 g/mol. The van der Waals surface area contributed by atoms with Crippen molar-refractivity contribution in [3.63, 3.8) is 0 Å². The Morgan fingerprint density at radius 1 is 1.25 bits per heavy atom. The van der Waals surface area contributed by atoms with Crippen molar-refractivity contribution in [3.05, 3.63) is 69.6 Å². The molecule has 0 aliphatic carbocycles. The molecule has 0 saturated carbocycles. The molecule has 144 valence electrons. The highest BCUT2D eigenvalue weighted by molar-refractivity contribution is 5.96. The minimum atomic E-state index is -0.660. The Morgan fingerprint density at radius 3 is 2.89 bits per heavy atom. The Hall–Kier alpha value is -3.28. The summed E-state index contributed by atoms with van der Waals surface area (Å²) in [6, 6.07) is 12.5. The molecule has 28 heavy (non-hydrogen) atoms. The van der Waals surface area contributed by atoms with Crippen molar-refractivity contribution in [1.82, 2.24) is 5.32 Å². The van der Waals surface area contributed by atoms with Gasteiger partial charge in [0.1, 0.15) is 28.7 Å². The standard InChI is InChI=1S/C22H21NO5/c1-3-26-19-10-15-8-13(2)27-20(15)11-16(19)12-23-21(24)17-9-14-6-4-5-7-18(14)28-22(17)25/h4-7,9-11,13H,3,8,12H2,1-2H3,(H,23,24). The summed E-state index contributed by atoms with van der Waals surface area (Å²) in [5, 5.41) is 3.48. The third kappa shape index (κ3) is 3.45. The van der Waals surface area contributed by atoms with Gasteiger partial charge in [0.05, 0.1) is 6.61 Å². The maximum Gasteiger partial charge on any atom is 0.349 e. The summed E-state index contributed by atoms with van der Waals surface area (Å²) < 4.78 is 16.8. The highest BCUT2D eigenvalue weighted by Gasteiger charge is 2.22. The number of ether oxygens (including phenoxy) is 2. The molecule has 0 radical (unpaired) electrons. The van der Waals surface area contributed by atoms with Gasteiger partial charge >= 0.3 is 5.63 Å². The van der Waals surface area contributed by atoms with Crippen LogP contribution in [0.4, 0.5) is 0 Å². The molecule has 6 nitrogen and oxygen atoms in total. The first-order chi connectivity index (χ1) is 13.5. The summed E-state index contributed by atoms with van der Waals surface area (Å²) >= 11 is 0. The zero-order valence-electron chi connectivity index (χ0n) is 15.8. The molecule has 1 aliphatic heterocycles. The lowest BCUT2D eigenvalue weighted by Gasteiger charge is -2.13. The molecule has 4 rings (SSSR count). The highest BCUT2D eigenvalue weighted by Crippen LogP contribution is 2.35. The quantitative estimate of drug-likeness (QED) is 0.687. The van der Waals surface area contributed by atoms with Gasteiger partial charge in [0.15, 0.2) is 0 Å². The van der Waals surface area contributed by atoms with E-state index in [9.17, 15) is 9.59 Å². The fourth-order valence-corrected chi connectivity index (χ4v) is 3.40. The van der Waals surface area contributed by atoms with Crippen LogP contribution in [0.15, 0.2) is 51.7 Å². The van der Waals surface area contributed by atoms with E-state index in [1.807, 2.05) is 32.0 Å². The summed E-state index contributed by atoms with van der Waals surface area (Å²) in [5.74, 6) is 1.03. The second kappa shape index (κ2) is 7.38. The minimum absolute atomic E-state index is 0.0253. The molecule has 0 spiro atoms. The summed E-state index contributed by atoms with van der Waals surface area (Å²) in [5.41, 5.74) is 1.66. The molecule has 6 heteroatoms. The zero-order chi connectivity index (χ0) is 19.7. The number of fused-ring (bicyclic) bond motifs is 2. The number of hydrogen-bond acceptors (Lipinski definition) is 5. The van der Waals surface area contributed by atoms with Crippen LogP contribution in [0.2, 0.25) is 0 Å². The number of rotatable bonds is 5. The maximum atomic E-state index is 12.6. The molecule has 1 N–H and O–H groups in total. The smallest absolute Gasteiger partial charge is 0.349 e. The molecule has 1 atom stereocenters. The van der Waals surface area contributed by atoms with Gasteiger partial charge in [0, 0.05) is 29.5 Å². The van der Waals surface area contributed by atoms with Gasteiger partial charge in [-0.05, 0) is 38.1 Å². The number of carbonyl (C=O) groups excluding carboxylic acids is 1. The van der Waals surface area contributed by atoms with Crippen molar-refractivity contribution in [1.29, 1.82) is 0 Å². The van der Waals surface area contributed by atoms with Crippen LogP contribution in [0.1, 0.15) is 35.3 Å². The van der Waals surface area contributed by atoms with Crippen LogP contribution in [-0.4, -0.2) is 18.6 Å². The number of carbonyl (C=O) groups is 1. The number of amides is 1. The highest BCUT2D eigenvalue weighted by atomic mass is 16.5. The van der Waals surface area contributed by atoms with Crippen molar-refractivity contribution in [3.8, 4) is 11.5 Å². The molecule has 1 unspecified atom stereocenters. The Morgan fingerprint density at radius 2 is 2.07 bits per heavy atom. The topological polar surface area (TPSA) is 77.8 Å². The molecular formula is C22H21NO5. The monoisotopic (exact) mass is 379 g/mol. The van der Waals surface area contributed by atoms with Gasteiger partial charge in [-0.15, -0.1) is 0 Å². The van der Waals surface area contributed by atoms with E-state index in [4.69, 9.17) is 13.9 Å².